The van der Waals surface area contributed by atoms with E-state index in [9.17, 15) is 0 Å². The van der Waals surface area contributed by atoms with Gasteiger partial charge >= 0.3 is 0 Å². The molecule has 20 heavy (non-hydrogen) atoms. The third-order valence-corrected chi connectivity index (χ3v) is 4.23. The van der Waals surface area contributed by atoms with Gasteiger partial charge in [-0.1, -0.05) is 0 Å². The standard InChI is InChI=1S/C16H26N2O2/c1-2-19-15-4-3-8-18(11-15)12-16-13(7-9-20-16)10-17-14-5-6-14/h7,9,14-15,17H,2-6,8,10-12H2,1H3. The van der Waals surface area contributed by atoms with E-state index < -0.39 is 0 Å². The molecule has 2 aliphatic rings. The number of hydrogen-bond donors (Lipinski definition) is 1. The van der Waals surface area contributed by atoms with Crippen molar-refractivity contribution in [1.82, 2.24) is 10.2 Å². The summed E-state index contributed by atoms with van der Waals surface area (Å²) >= 11 is 0. The Morgan fingerprint density at radius 1 is 1.40 bits per heavy atom. The molecule has 1 N–H and O–H groups in total. The average Bonchev–Trinajstić information content (AvgIpc) is 3.18. The summed E-state index contributed by atoms with van der Waals surface area (Å²) in [7, 11) is 0. The molecule has 0 spiro atoms. The smallest absolute Gasteiger partial charge is 0.122 e. The summed E-state index contributed by atoms with van der Waals surface area (Å²) in [6.45, 7) is 6.93. The van der Waals surface area contributed by atoms with Crippen LogP contribution in [0.5, 0.6) is 0 Å². The van der Waals surface area contributed by atoms with Crippen LogP contribution in [0.3, 0.4) is 0 Å². The number of nitrogens with zero attached hydrogens (tertiary/aromatic N) is 1. The Labute approximate surface area is 121 Å². The molecule has 0 bridgehead atoms. The molecule has 4 heteroatoms. The van der Waals surface area contributed by atoms with E-state index in [1.165, 1.54) is 31.2 Å². The van der Waals surface area contributed by atoms with Crippen molar-refractivity contribution in [2.45, 2.75) is 57.8 Å². The van der Waals surface area contributed by atoms with E-state index in [0.717, 1.165) is 44.6 Å². The number of rotatable bonds is 7. The molecular weight excluding hydrogens is 252 g/mol. The van der Waals surface area contributed by atoms with Crippen molar-refractivity contribution >= 4 is 0 Å². The zero-order valence-electron chi connectivity index (χ0n) is 12.4. The minimum Gasteiger partial charge on any atom is -0.468 e. The molecule has 2 heterocycles. The number of ether oxygens (including phenoxy) is 1. The van der Waals surface area contributed by atoms with Crippen LogP contribution in [0.15, 0.2) is 16.7 Å². The highest BCUT2D eigenvalue weighted by Crippen LogP contribution is 2.22. The van der Waals surface area contributed by atoms with Gasteiger partial charge in [-0.05, 0) is 45.2 Å². The molecule has 1 aliphatic carbocycles. The molecule has 0 aromatic carbocycles. The van der Waals surface area contributed by atoms with Crippen LogP contribution in [-0.4, -0.2) is 36.7 Å². The molecule has 1 aliphatic heterocycles. The van der Waals surface area contributed by atoms with Crippen molar-refractivity contribution < 1.29 is 9.15 Å². The predicted octanol–water partition coefficient (Wildman–Crippen LogP) is 2.53. The van der Waals surface area contributed by atoms with Gasteiger partial charge in [-0.15, -0.1) is 0 Å². The van der Waals surface area contributed by atoms with Gasteiger partial charge in [0.1, 0.15) is 5.76 Å². The Hall–Kier alpha value is -0.840. The monoisotopic (exact) mass is 278 g/mol. The molecule has 0 amide bonds. The summed E-state index contributed by atoms with van der Waals surface area (Å²) in [6.07, 6.45) is 7.30. The van der Waals surface area contributed by atoms with E-state index >= 15 is 0 Å². The fourth-order valence-electron chi connectivity index (χ4n) is 2.94. The lowest BCUT2D eigenvalue weighted by molar-refractivity contribution is 0.00191. The van der Waals surface area contributed by atoms with Crippen molar-refractivity contribution in [2.24, 2.45) is 0 Å². The maximum Gasteiger partial charge on any atom is 0.122 e. The first-order valence-electron chi connectivity index (χ1n) is 7.97. The number of furan rings is 1. The third kappa shape index (κ3) is 3.84. The molecule has 1 saturated heterocycles. The highest BCUT2D eigenvalue weighted by molar-refractivity contribution is 5.17. The van der Waals surface area contributed by atoms with E-state index in [-0.39, 0.29) is 0 Å². The summed E-state index contributed by atoms with van der Waals surface area (Å²) in [5.74, 6) is 1.12. The minimum absolute atomic E-state index is 0.400. The van der Waals surface area contributed by atoms with E-state index in [1.807, 2.05) is 6.26 Å². The topological polar surface area (TPSA) is 37.6 Å². The van der Waals surface area contributed by atoms with Crippen LogP contribution in [-0.2, 0) is 17.8 Å². The van der Waals surface area contributed by atoms with E-state index in [1.54, 1.807) is 0 Å². The van der Waals surface area contributed by atoms with Gasteiger partial charge in [-0.2, -0.15) is 0 Å². The Bertz CT molecular complexity index is 412. The first kappa shape index (κ1) is 14.1. The maximum atomic E-state index is 5.77. The van der Waals surface area contributed by atoms with E-state index in [0.29, 0.717) is 6.10 Å². The number of piperidine rings is 1. The maximum absolute atomic E-state index is 5.77. The largest absolute Gasteiger partial charge is 0.468 e. The summed E-state index contributed by atoms with van der Waals surface area (Å²) < 4.78 is 11.5. The second-order valence-corrected chi connectivity index (χ2v) is 5.98. The van der Waals surface area contributed by atoms with Gasteiger partial charge in [0.25, 0.3) is 0 Å². The van der Waals surface area contributed by atoms with Gasteiger partial charge in [0.15, 0.2) is 0 Å². The summed E-state index contributed by atoms with van der Waals surface area (Å²) in [4.78, 5) is 2.46. The zero-order valence-corrected chi connectivity index (χ0v) is 12.4. The average molecular weight is 278 g/mol. The Morgan fingerprint density at radius 2 is 2.30 bits per heavy atom. The molecule has 3 rings (SSSR count). The molecule has 0 radical (unpaired) electrons. The van der Waals surface area contributed by atoms with Gasteiger partial charge in [0, 0.05) is 31.3 Å². The summed E-state index contributed by atoms with van der Waals surface area (Å²) in [5.41, 5.74) is 1.32. The third-order valence-electron chi connectivity index (χ3n) is 4.23. The summed E-state index contributed by atoms with van der Waals surface area (Å²) in [5, 5.41) is 3.56. The predicted molar refractivity (Wildman–Crippen MR) is 78.5 cm³/mol. The van der Waals surface area contributed by atoms with Crippen molar-refractivity contribution in [3.05, 3.63) is 23.7 Å². The fraction of sp³-hybridized carbons (Fsp3) is 0.750. The van der Waals surface area contributed by atoms with Gasteiger partial charge < -0.3 is 14.5 Å². The molecular formula is C16H26N2O2. The molecule has 1 atom stereocenters. The number of hydrogen-bond acceptors (Lipinski definition) is 4. The molecule has 1 aromatic rings. The van der Waals surface area contributed by atoms with Crippen LogP contribution < -0.4 is 5.32 Å². The van der Waals surface area contributed by atoms with Crippen molar-refractivity contribution in [3.63, 3.8) is 0 Å². The fourth-order valence-corrected chi connectivity index (χ4v) is 2.94. The van der Waals surface area contributed by atoms with E-state index in [2.05, 4.69) is 23.2 Å². The lowest BCUT2D eigenvalue weighted by Gasteiger charge is -2.32. The second kappa shape index (κ2) is 6.74. The van der Waals surface area contributed by atoms with Crippen LogP contribution in [0.1, 0.15) is 43.9 Å². The van der Waals surface area contributed by atoms with Gasteiger partial charge in [-0.25, -0.2) is 0 Å². The van der Waals surface area contributed by atoms with Crippen LogP contribution in [0, 0.1) is 0 Å². The van der Waals surface area contributed by atoms with E-state index in [4.69, 9.17) is 9.15 Å². The Kier molecular flexibility index (Phi) is 4.76. The first-order chi connectivity index (χ1) is 9.85. The zero-order chi connectivity index (χ0) is 13.8. The number of likely N-dealkylation sites (tertiary alicyclic amines) is 1. The molecule has 1 aromatic heterocycles. The van der Waals surface area contributed by atoms with Crippen LogP contribution >= 0.6 is 0 Å². The van der Waals surface area contributed by atoms with Crippen molar-refractivity contribution in [3.8, 4) is 0 Å². The van der Waals surface area contributed by atoms with Crippen molar-refractivity contribution in [2.75, 3.05) is 19.7 Å². The van der Waals surface area contributed by atoms with Crippen LogP contribution in [0.25, 0.3) is 0 Å². The number of nitrogens with one attached hydrogen (secondary N) is 1. The van der Waals surface area contributed by atoms with Crippen molar-refractivity contribution in [1.29, 1.82) is 0 Å². The highest BCUT2D eigenvalue weighted by Gasteiger charge is 2.23. The van der Waals surface area contributed by atoms with Crippen LogP contribution in [0.4, 0.5) is 0 Å². The second-order valence-electron chi connectivity index (χ2n) is 5.98. The van der Waals surface area contributed by atoms with Gasteiger partial charge in [0.2, 0.25) is 0 Å². The summed E-state index contributed by atoms with van der Waals surface area (Å²) in [6, 6.07) is 2.85. The van der Waals surface area contributed by atoms with Gasteiger partial charge in [0.05, 0.1) is 18.9 Å². The lowest BCUT2D eigenvalue weighted by atomic mass is 10.1. The minimum atomic E-state index is 0.400. The SMILES string of the molecule is CCOC1CCCN(Cc2occc2CNC2CC2)C1. The normalized spacial score (nSPS) is 24.1. The molecule has 1 unspecified atom stereocenters. The molecule has 112 valence electrons. The lowest BCUT2D eigenvalue weighted by Crippen LogP contribution is -2.39. The Morgan fingerprint density at radius 3 is 3.10 bits per heavy atom. The molecule has 4 nitrogen and oxygen atoms in total. The quantitative estimate of drug-likeness (QED) is 0.831. The molecule has 2 fully saturated rings. The first-order valence-corrected chi connectivity index (χ1v) is 7.97. The van der Waals surface area contributed by atoms with Gasteiger partial charge in [-0.3, -0.25) is 4.90 Å². The highest BCUT2D eigenvalue weighted by atomic mass is 16.5. The molecule has 1 saturated carbocycles. The van der Waals surface area contributed by atoms with Crippen LogP contribution in [0.2, 0.25) is 0 Å². The Balaban J connectivity index is 1.52.